The van der Waals surface area contributed by atoms with Crippen LogP contribution < -0.4 is 5.32 Å². The largest absolute Gasteiger partial charge is 0.307 e. The third-order valence-corrected chi connectivity index (χ3v) is 4.53. The van der Waals surface area contributed by atoms with Crippen molar-refractivity contribution >= 4 is 34.2 Å². The second-order valence-electron chi connectivity index (χ2n) is 4.72. The minimum absolute atomic E-state index is 0.345. The lowest BCUT2D eigenvalue weighted by Crippen LogP contribution is -2.24. The van der Waals surface area contributed by atoms with Crippen molar-refractivity contribution in [1.82, 2.24) is 5.32 Å². The maximum Gasteiger partial charge on any atom is 0.0547 e. The highest BCUT2D eigenvalue weighted by Crippen LogP contribution is 2.34. The van der Waals surface area contributed by atoms with Gasteiger partial charge in [-0.3, -0.25) is 0 Å². The van der Waals surface area contributed by atoms with E-state index in [-0.39, 0.29) is 0 Å². The number of hydrogen-bond acceptors (Lipinski definition) is 1. The van der Waals surface area contributed by atoms with Crippen molar-refractivity contribution in [2.45, 2.75) is 38.6 Å². The maximum atomic E-state index is 6.15. The molecule has 1 N–H and O–H groups in total. The molecule has 1 unspecified atom stereocenters. The van der Waals surface area contributed by atoms with E-state index in [0.29, 0.717) is 6.04 Å². The molecule has 0 saturated carbocycles. The van der Waals surface area contributed by atoms with Gasteiger partial charge >= 0.3 is 0 Å². The molecule has 0 saturated heterocycles. The molecule has 1 aromatic carbocycles. The normalized spacial score (nSPS) is 16.7. The number of hydrogen-bond donors (Lipinski definition) is 1. The standard InChI is InChI=1S/C15H19ClIN/c1-2-9-18-15(11-5-3-4-6-11)13-10-12(16)7-8-14(13)17/h5,7-8,10,15,18H,2-4,6,9H2,1H3. The summed E-state index contributed by atoms with van der Waals surface area (Å²) in [5.74, 6) is 0. The Morgan fingerprint density at radius 2 is 2.28 bits per heavy atom. The van der Waals surface area contributed by atoms with Crippen molar-refractivity contribution < 1.29 is 0 Å². The summed E-state index contributed by atoms with van der Waals surface area (Å²) in [6, 6.07) is 6.52. The summed E-state index contributed by atoms with van der Waals surface area (Å²) in [7, 11) is 0. The van der Waals surface area contributed by atoms with Crippen molar-refractivity contribution in [2.75, 3.05) is 6.54 Å². The number of nitrogens with one attached hydrogen (secondary N) is 1. The maximum absolute atomic E-state index is 6.15. The smallest absolute Gasteiger partial charge is 0.0547 e. The van der Waals surface area contributed by atoms with Crippen LogP contribution in [0.4, 0.5) is 0 Å². The van der Waals surface area contributed by atoms with Gasteiger partial charge < -0.3 is 5.32 Å². The van der Waals surface area contributed by atoms with Gasteiger partial charge in [0.15, 0.2) is 0 Å². The van der Waals surface area contributed by atoms with Gasteiger partial charge in [-0.1, -0.05) is 30.2 Å². The molecule has 0 amide bonds. The monoisotopic (exact) mass is 375 g/mol. The van der Waals surface area contributed by atoms with E-state index in [0.717, 1.165) is 18.0 Å². The SMILES string of the molecule is CCCNC(C1=CCCC1)c1cc(Cl)ccc1I. The lowest BCUT2D eigenvalue weighted by atomic mass is 9.98. The van der Waals surface area contributed by atoms with Gasteiger partial charge in [-0.25, -0.2) is 0 Å². The van der Waals surface area contributed by atoms with E-state index < -0.39 is 0 Å². The molecule has 2 rings (SSSR count). The first-order valence-corrected chi connectivity index (χ1v) is 8.05. The zero-order valence-corrected chi connectivity index (χ0v) is 13.6. The molecule has 0 aliphatic heterocycles. The summed E-state index contributed by atoms with van der Waals surface area (Å²) in [6.45, 7) is 3.25. The Morgan fingerprint density at radius 1 is 1.44 bits per heavy atom. The summed E-state index contributed by atoms with van der Waals surface area (Å²) in [5, 5.41) is 4.49. The zero-order valence-electron chi connectivity index (χ0n) is 10.7. The summed E-state index contributed by atoms with van der Waals surface area (Å²) in [6.07, 6.45) is 7.27. The highest BCUT2D eigenvalue weighted by atomic mass is 127. The molecule has 1 nitrogen and oxygen atoms in total. The van der Waals surface area contributed by atoms with Crippen LogP contribution in [-0.2, 0) is 0 Å². The minimum Gasteiger partial charge on any atom is -0.307 e. The summed E-state index contributed by atoms with van der Waals surface area (Å²) < 4.78 is 1.29. The minimum atomic E-state index is 0.345. The zero-order chi connectivity index (χ0) is 13.0. The van der Waals surface area contributed by atoms with Gasteiger partial charge in [0.25, 0.3) is 0 Å². The quantitative estimate of drug-likeness (QED) is 0.558. The molecule has 98 valence electrons. The molecule has 3 heteroatoms. The molecule has 0 aromatic heterocycles. The lowest BCUT2D eigenvalue weighted by molar-refractivity contribution is 0.577. The molecular formula is C15H19ClIN. The fourth-order valence-electron chi connectivity index (χ4n) is 2.42. The first-order chi connectivity index (χ1) is 8.72. The van der Waals surface area contributed by atoms with E-state index in [1.54, 1.807) is 0 Å². The van der Waals surface area contributed by atoms with Crippen LogP contribution in [0.5, 0.6) is 0 Å². The average Bonchev–Trinajstić information content (AvgIpc) is 2.88. The molecule has 1 atom stereocenters. The fraction of sp³-hybridized carbons (Fsp3) is 0.467. The molecule has 1 aliphatic rings. The molecule has 1 aromatic rings. The highest BCUT2D eigenvalue weighted by Gasteiger charge is 2.20. The van der Waals surface area contributed by atoms with Crippen LogP contribution in [0.15, 0.2) is 29.8 Å². The van der Waals surface area contributed by atoms with Crippen molar-refractivity contribution in [3.05, 3.63) is 44.0 Å². The van der Waals surface area contributed by atoms with E-state index in [9.17, 15) is 0 Å². The second kappa shape index (κ2) is 6.92. The number of benzene rings is 1. The third kappa shape index (κ3) is 3.49. The Hall–Kier alpha value is -0.0600. The molecule has 0 bridgehead atoms. The Kier molecular flexibility index (Phi) is 5.52. The van der Waals surface area contributed by atoms with E-state index in [4.69, 9.17) is 11.6 Å². The third-order valence-electron chi connectivity index (χ3n) is 3.31. The Labute approximate surface area is 128 Å². The average molecular weight is 376 g/mol. The lowest BCUT2D eigenvalue weighted by Gasteiger charge is -2.22. The first kappa shape index (κ1) is 14.4. The molecule has 0 radical (unpaired) electrons. The van der Waals surface area contributed by atoms with Crippen LogP contribution in [0.2, 0.25) is 5.02 Å². The molecular weight excluding hydrogens is 357 g/mol. The van der Waals surface area contributed by atoms with E-state index in [1.165, 1.54) is 34.0 Å². The molecule has 0 spiro atoms. The molecule has 18 heavy (non-hydrogen) atoms. The Bertz CT molecular complexity index is 442. The van der Waals surface area contributed by atoms with Crippen molar-refractivity contribution in [1.29, 1.82) is 0 Å². The number of allylic oxidation sites excluding steroid dienone is 1. The van der Waals surface area contributed by atoms with Gasteiger partial charge in [-0.15, -0.1) is 0 Å². The highest BCUT2D eigenvalue weighted by molar-refractivity contribution is 14.1. The Morgan fingerprint density at radius 3 is 2.94 bits per heavy atom. The van der Waals surface area contributed by atoms with Gasteiger partial charge in [-0.05, 0) is 78.6 Å². The van der Waals surface area contributed by atoms with Crippen molar-refractivity contribution in [2.24, 2.45) is 0 Å². The van der Waals surface area contributed by atoms with Gasteiger partial charge in [0.1, 0.15) is 0 Å². The van der Waals surface area contributed by atoms with Crippen LogP contribution in [0, 0.1) is 3.57 Å². The van der Waals surface area contributed by atoms with Crippen LogP contribution in [0.3, 0.4) is 0 Å². The second-order valence-corrected chi connectivity index (χ2v) is 6.32. The summed E-state index contributed by atoms with van der Waals surface area (Å²) in [4.78, 5) is 0. The van der Waals surface area contributed by atoms with E-state index >= 15 is 0 Å². The topological polar surface area (TPSA) is 12.0 Å². The Balaban J connectivity index is 2.29. The molecule has 1 aliphatic carbocycles. The van der Waals surface area contributed by atoms with E-state index in [1.807, 2.05) is 6.07 Å². The molecule has 0 heterocycles. The van der Waals surface area contributed by atoms with Gasteiger partial charge in [0.05, 0.1) is 6.04 Å². The number of rotatable bonds is 5. The first-order valence-electron chi connectivity index (χ1n) is 6.59. The predicted octanol–water partition coefficient (Wildman–Crippen LogP) is 5.10. The summed E-state index contributed by atoms with van der Waals surface area (Å²) >= 11 is 8.56. The fourth-order valence-corrected chi connectivity index (χ4v) is 3.25. The van der Waals surface area contributed by atoms with Gasteiger partial charge in [0, 0.05) is 8.59 Å². The molecule has 0 fully saturated rings. The van der Waals surface area contributed by atoms with Crippen molar-refractivity contribution in [3.63, 3.8) is 0 Å². The van der Waals surface area contributed by atoms with Crippen LogP contribution in [-0.4, -0.2) is 6.54 Å². The van der Waals surface area contributed by atoms with E-state index in [2.05, 4.69) is 53.0 Å². The predicted molar refractivity (Wildman–Crippen MR) is 87.1 cm³/mol. The van der Waals surface area contributed by atoms with Crippen LogP contribution in [0.1, 0.15) is 44.2 Å². The van der Waals surface area contributed by atoms with Crippen LogP contribution in [0.25, 0.3) is 0 Å². The number of halogens is 2. The van der Waals surface area contributed by atoms with Gasteiger partial charge in [-0.2, -0.15) is 0 Å². The van der Waals surface area contributed by atoms with Gasteiger partial charge in [0.2, 0.25) is 0 Å². The van der Waals surface area contributed by atoms with Crippen LogP contribution >= 0.6 is 34.2 Å². The summed E-state index contributed by atoms with van der Waals surface area (Å²) in [5.41, 5.74) is 2.85. The van der Waals surface area contributed by atoms with Crippen molar-refractivity contribution in [3.8, 4) is 0 Å².